The number of hydrogen-bond donors (Lipinski definition) is 0. The van der Waals surface area contributed by atoms with Crippen LogP contribution in [0.25, 0.3) is 0 Å². The van der Waals surface area contributed by atoms with Crippen LogP contribution < -0.4 is 9.64 Å². The molecule has 164 valence electrons. The number of para-hydroxylation sites is 2. The van der Waals surface area contributed by atoms with E-state index in [1.165, 1.54) is 16.3 Å². The first-order valence-corrected chi connectivity index (χ1v) is 11.6. The summed E-state index contributed by atoms with van der Waals surface area (Å²) < 4.78 is 37.9. The van der Waals surface area contributed by atoms with E-state index in [-0.39, 0.29) is 23.9 Å². The molecule has 1 amide bonds. The summed E-state index contributed by atoms with van der Waals surface area (Å²) in [6.45, 7) is 0.481. The predicted molar refractivity (Wildman–Crippen MR) is 113 cm³/mol. The number of carbonyl (C=O) groups is 2. The van der Waals surface area contributed by atoms with E-state index in [9.17, 15) is 18.0 Å². The molecule has 2 heterocycles. The number of rotatable bonds is 4. The normalized spacial score (nSPS) is 21.6. The summed E-state index contributed by atoms with van der Waals surface area (Å²) in [6, 6.07) is 15.2. The Morgan fingerprint density at radius 1 is 1.03 bits per heavy atom. The first-order chi connectivity index (χ1) is 14.9. The molecule has 2 atom stereocenters. The number of methoxy groups -OCH3 is 1. The fraction of sp³-hybridized carbons (Fsp3) is 0.364. The molecule has 0 unspecified atom stereocenters. The summed E-state index contributed by atoms with van der Waals surface area (Å²) in [5.41, 5.74) is 0.565. The maximum atomic E-state index is 13.5. The number of amides is 1. The zero-order valence-corrected chi connectivity index (χ0v) is 18.0. The van der Waals surface area contributed by atoms with Crippen LogP contribution in [0.15, 0.2) is 59.5 Å². The first kappa shape index (κ1) is 21.3. The number of carbonyl (C=O) groups excluding carboxylic acids is 2. The van der Waals surface area contributed by atoms with Crippen LogP contribution in [0.3, 0.4) is 0 Å². The molecule has 0 saturated carbocycles. The van der Waals surface area contributed by atoms with E-state index in [2.05, 4.69) is 0 Å². The van der Waals surface area contributed by atoms with Gasteiger partial charge < -0.3 is 14.4 Å². The summed E-state index contributed by atoms with van der Waals surface area (Å²) in [7, 11) is -2.41. The highest BCUT2D eigenvalue weighted by molar-refractivity contribution is 7.89. The molecule has 2 aliphatic heterocycles. The van der Waals surface area contributed by atoms with Gasteiger partial charge in [0.05, 0.1) is 30.2 Å². The van der Waals surface area contributed by atoms with Gasteiger partial charge >= 0.3 is 5.97 Å². The van der Waals surface area contributed by atoms with E-state index in [1.807, 2.05) is 0 Å². The monoisotopic (exact) mass is 444 g/mol. The molecular formula is C22H24N2O6S. The van der Waals surface area contributed by atoms with Crippen LogP contribution in [0.5, 0.6) is 5.75 Å². The van der Waals surface area contributed by atoms with Gasteiger partial charge in [-0.15, -0.1) is 0 Å². The summed E-state index contributed by atoms with van der Waals surface area (Å²) in [5.74, 6) is -0.888. The van der Waals surface area contributed by atoms with E-state index >= 15 is 0 Å². The summed E-state index contributed by atoms with van der Waals surface area (Å²) in [6.07, 6.45) is 0.216. The Balaban J connectivity index is 1.58. The molecule has 0 bridgehead atoms. The molecule has 2 aliphatic rings. The maximum absolute atomic E-state index is 13.5. The average Bonchev–Trinajstić information content (AvgIpc) is 2.83. The van der Waals surface area contributed by atoms with Crippen molar-refractivity contribution in [2.45, 2.75) is 23.8 Å². The number of fused-ring (bicyclic) bond motifs is 1. The third kappa shape index (κ3) is 4.15. The number of esters is 1. The van der Waals surface area contributed by atoms with Gasteiger partial charge in [0.25, 0.3) is 0 Å². The van der Waals surface area contributed by atoms with Crippen molar-refractivity contribution in [3.05, 3.63) is 54.6 Å². The van der Waals surface area contributed by atoms with Gasteiger partial charge in [-0.1, -0.05) is 30.3 Å². The van der Waals surface area contributed by atoms with Crippen LogP contribution in [0.4, 0.5) is 5.69 Å². The molecule has 0 spiro atoms. The second-order valence-corrected chi connectivity index (χ2v) is 9.50. The molecule has 31 heavy (non-hydrogen) atoms. The van der Waals surface area contributed by atoms with Gasteiger partial charge in [0, 0.05) is 13.1 Å². The maximum Gasteiger partial charge on any atom is 0.348 e. The molecule has 0 aliphatic carbocycles. The minimum absolute atomic E-state index is 0.0183. The number of anilines is 1. The Morgan fingerprint density at radius 3 is 2.48 bits per heavy atom. The fourth-order valence-corrected chi connectivity index (χ4v) is 5.57. The Bertz CT molecular complexity index is 1070. The molecule has 1 fully saturated rings. The van der Waals surface area contributed by atoms with Gasteiger partial charge in [-0.3, -0.25) is 4.79 Å². The van der Waals surface area contributed by atoms with Crippen molar-refractivity contribution < 1.29 is 27.5 Å². The van der Waals surface area contributed by atoms with E-state index in [4.69, 9.17) is 9.47 Å². The standard InChI is InChI=1S/C22H24N2O6S/c1-29-22(26)20-15-24(18-11-5-6-12-19(18)30-20)21(25)16-8-7-13-23(14-16)31(27,28)17-9-3-2-4-10-17/h2-6,9-12,16,20H,7-8,13-15H2,1H3/t16-,20-/m1/s1. The highest BCUT2D eigenvalue weighted by atomic mass is 32.2. The SMILES string of the molecule is COC(=O)[C@H]1CN(C(=O)[C@@H]2CCCN(S(=O)(=O)c3ccccc3)C2)c2ccccc2O1. The van der Waals surface area contributed by atoms with Crippen LogP contribution in [0.2, 0.25) is 0 Å². The lowest BCUT2D eigenvalue weighted by Crippen LogP contribution is -2.52. The minimum Gasteiger partial charge on any atom is -0.475 e. The lowest BCUT2D eigenvalue weighted by molar-refractivity contribution is -0.148. The quantitative estimate of drug-likeness (QED) is 0.670. The van der Waals surface area contributed by atoms with E-state index in [0.717, 1.165) is 0 Å². The van der Waals surface area contributed by atoms with Crippen LogP contribution in [0, 0.1) is 5.92 Å². The number of nitrogens with zero attached hydrogens (tertiary/aromatic N) is 2. The fourth-order valence-electron chi connectivity index (χ4n) is 4.02. The summed E-state index contributed by atoms with van der Waals surface area (Å²) >= 11 is 0. The Hall–Kier alpha value is -2.91. The molecule has 0 aromatic heterocycles. The molecule has 2 aromatic carbocycles. The predicted octanol–water partition coefficient (Wildman–Crippen LogP) is 2.05. The first-order valence-electron chi connectivity index (χ1n) is 10.1. The number of ether oxygens (including phenoxy) is 2. The zero-order valence-electron chi connectivity index (χ0n) is 17.1. The largest absolute Gasteiger partial charge is 0.475 e. The van der Waals surface area contributed by atoms with Crippen LogP contribution in [-0.4, -0.2) is 57.4 Å². The van der Waals surface area contributed by atoms with Crippen molar-refractivity contribution in [2.24, 2.45) is 5.92 Å². The second kappa shape index (κ2) is 8.68. The summed E-state index contributed by atoms with van der Waals surface area (Å²) in [5, 5.41) is 0. The van der Waals surface area contributed by atoms with Crippen LogP contribution in [-0.2, 0) is 24.3 Å². The number of hydrogen-bond acceptors (Lipinski definition) is 6. The number of sulfonamides is 1. The van der Waals surface area contributed by atoms with Gasteiger partial charge in [0.1, 0.15) is 5.75 Å². The lowest BCUT2D eigenvalue weighted by Gasteiger charge is -2.38. The smallest absolute Gasteiger partial charge is 0.348 e. The molecule has 0 N–H and O–H groups in total. The minimum atomic E-state index is -3.68. The molecule has 9 heteroatoms. The van der Waals surface area contributed by atoms with E-state index in [0.29, 0.717) is 30.8 Å². The van der Waals surface area contributed by atoms with Gasteiger partial charge in [-0.25, -0.2) is 13.2 Å². The van der Waals surface area contributed by atoms with Crippen LogP contribution in [0.1, 0.15) is 12.8 Å². The Labute approximate surface area is 181 Å². The summed E-state index contributed by atoms with van der Waals surface area (Å²) in [4.78, 5) is 27.3. The van der Waals surface area contributed by atoms with Crippen molar-refractivity contribution >= 4 is 27.6 Å². The van der Waals surface area contributed by atoms with Gasteiger partial charge in [-0.2, -0.15) is 4.31 Å². The zero-order chi connectivity index (χ0) is 22.0. The number of piperidine rings is 1. The van der Waals surface area contributed by atoms with E-state index < -0.39 is 28.0 Å². The molecular weight excluding hydrogens is 420 g/mol. The highest BCUT2D eigenvalue weighted by Crippen LogP contribution is 2.35. The van der Waals surface area contributed by atoms with Gasteiger partial charge in [0.15, 0.2) is 0 Å². The molecule has 0 radical (unpaired) electrons. The van der Waals surface area contributed by atoms with E-state index in [1.54, 1.807) is 54.6 Å². The van der Waals surface area contributed by atoms with Crippen molar-refractivity contribution in [1.29, 1.82) is 0 Å². The molecule has 1 saturated heterocycles. The molecule has 8 nitrogen and oxygen atoms in total. The third-order valence-corrected chi connectivity index (χ3v) is 7.50. The van der Waals surface area contributed by atoms with Crippen molar-refractivity contribution in [1.82, 2.24) is 4.31 Å². The third-order valence-electron chi connectivity index (χ3n) is 5.62. The van der Waals surface area contributed by atoms with Crippen molar-refractivity contribution in [3.63, 3.8) is 0 Å². The van der Waals surface area contributed by atoms with Gasteiger partial charge in [-0.05, 0) is 37.1 Å². The van der Waals surface area contributed by atoms with Crippen molar-refractivity contribution in [3.8, 4) is 5.75 Å². The second-order valence-electron chi connectivity index (χ2n) is 7.56. The Kier molecular flexibility index (Phi) is 5.97. The number of benzene rings is 2. The molecule has 2 aromatic rings. The van der Waals surface area contributed by atoms with Crippen LogP contribution >= 0.6 is 0 Å². The Morgan fingerprint density at radius 2 is 1.74 bits per heavy atom. The lowest BCUT2D eigenvalue weighted by atomic mass is 9.97. The highest BCUT2D eigenvalue weighted by Gasteiger charge is 2.40. The topological polar surface area (TPSA) is 93.2 Å². The van der Waals surface area contributed by atoms with Gasteiger partial charge in [0.2, 0.25) is 22.0 Å². The molecule has 4 rings (SSSR count). The average molecular weight is 445 g/mol. The van der Waals surface area contributed by atoms with Crippen molar-refractivity contribution in [2.75, 3.05) is 31.6 Å².